The third-order valence-corrected chi connectivity index (χ3v) is 6.88. The maximum atomic E-state index is 12.9. The number of thiophene rings is 1. The summed E-state index contributed by atoms with van der Waals surface area (Å²) in [5.74, 6) is 0.0491. The molecule has 33 heavy (non-hydrogen) atoms. The highest BCUT2D eigenvalue weighted by Crippen LogP contribution is 2.40. The molecule has 0 fully saturated rings. The number of hydrogen-bond acceptors (Lipinski definition) is 6. The lowest BCUT2D eigenvalue weighted by molar-refractivity contribution is -0.382. The number of halogens is 1. The molecule has 0 radical (unpaired) electrons. The normalized spacial score (nSPS) is 11.2. The highest BCUT2D eigenvalue weighted by Gasteiger charge is 2.23. The molecule has 0 saturated carbocycles. The standard InChI is InChI=1S/C24H16ClN3O4S/c1-12-8-13(2)10-14(9-12)24-27-17-11-15(6-7-19(17)32-24)26-23(29)22-20(25)16-4-3-5-18(28(30)31)21(16)33-22/h3-11H,1-2H3,(H,26,29). The van der Waals surface area contributed by atoms with E-state index in [1.807, 2.05) is 26.0 Å². The zero-order chi connectivity index (χ0) is 23.3. The van der Waals surface area contributed by atoms with Gasteiger partial charge in [-0.05, 0) is 44.2 Å². The fraction of sp³-hybridized carbons (Fsp3) is 0.0833. The molecule has 0 atom stereocenters. The van der Waals surface area contributed by atoms with Crippen LogP contribution in [0.1, 0.15) is 20.8 Å². The highest BCUT2D eigenvalue weighted by molar-refractivity contribution is 7.22. The van der Waals surface area contributed by atoms with Crippen LogP contribution in [0.15, 0.2) is 59.0 Å². The van der Waals surface area contributed by atoms with E-state index in [-0.39, 0.29) is 15.6 Å². The number of oxazole rings is 1. The lowest BCUT2D eigenvalue weighted by Gasteiger charge is -2.03. The molecular weight excluding hydrogens is 462 g/mol. The minimum absolute atomic E-state index is 0.0821. The van der Waals surface area contributed by atoms with Gasteiger partial charge in [0, 0.05) is 22.7 Å². The minimum Gasteiger partial charge on any atom is -0.436 e. The van der Waals surface area contributed by atoms with E-state index in [2.05, 4.69) is 16.4 Å². The smallest absolute Gasteiger partial charge is 0.287 e. The summed E-state index contributed by atoms with van der Waals surface area (Å²) in [6.45, 7) is 4.03. The molecule has 0 aliphatic carbocycles. The molecule has 0 saturated heterocycles. The number of fused-ring (bicyclic) bond motifs is 2. The van der Waals surface area contributed by atoms with Crippen LogP contribution in [-0.4, -0.2) is 15.8 Å². The highest BCUT2D eigenvalue weighted by atomic mass is 35.5. The third kappa shape index (κ3) is 3.83. The number of aryl methyl sites for hydroxylation is 2. The summed E-state index contributed by atoms with van der Waals surface area (Å²) in [6, 6.07) is 15.8. The number of nitrogens with one attached hydrogen (secondary N) is 1. The number of nitro groups is 1. The van der Waals surface area contributed by atoms with Crippen molar-refractivity contribution in [2.24, 2.45) is 0 Å². The number of anilines is 1. The molecule has 3 aromatic carbocycles. The van der Waals surface area contributed by atoms with Crippen LogP contribution in [0.2, 0.25) is 5.02 Å². The second kappa shape index (κ2) is 7.99. The van der Waals surface area contributed by atoms with Crippen LogP contribution < -0.4 is 5.32 Å². The first-order chi connectivity index (χ1) is 15.8. The summed E-state index contributed by atoms with van der Waals surface area (Å²) in [5, 5.41) is 14.8. The summed E-state index contributed by atoms with van der Waals surface area (Å²) < 4.78 is 6.26. The van der Waals surface area contributed by atoms with Gasteiger partial charge in [0.25, 0.3) is 11.6 Å². The molecule has 0 aliphatic rings. The van der Waals surface area contributed by atoms with Gasteiger partial charge in [-0.1, -0.05) is 40.9 Å². The van der Waals surface area contributed by atoms with E-state index in [1.165, 1.54) is 6.07 Å². The Morgan fingerprint density at radius 2 is 1.88 bits per heavy atom. The fourth-order valence-corrected chi connectivity index (χ4v) is 5.27. The van der Waals surface area contributed by atoms with E-state index >= 15 is 0 Å². The Labute approximate surface area is 196 Å². The first-order valence-electron chi connectivity index (χ1n) is 9.96. The van der Waals surface area contributed by atoms with Gasteiger partial charge < -0.3 is 9.73 Å². The Balaban J connectivity index is 1.47. The Kier molecular flexibility index (Phi) is 5.11. The zero-order valence-electron chi connectivity index (χ0n) is 17.5. The topological polar surface area (TPSA) is 98.3 Å². The van der Waals surface area contributed by atoms with Crippen LogP contribution in [0.5, 0.6) is 0 Å². The number of non-ortho nitro benzene ring substituents is 1. The van der Waals surface area contributed by atoms with Crippen molar-refractivity contribution in [1.29, 1.82) is 0 Å². The van der Waals surface area contributed by atoms with Gasteiger partial charge in [-0.3, -0.25) is 14.9 Å². The molecule has 2 heterocycles. The van der Waals surface area contributed by atoms with Crippen molar-refractivity contribution in [3.05, 3.63) is 85.7 Å². The van der Waals surface area contributed by atoms with Crippen molar-refractivity contribution in [1.82, 2.24) is 4.98 Å². The maximum absolute atomic E-state index is 12.9. The zero-order valence-corrected chi connectivity index (χ0v) is 19.1. The van der Waals surface area contributed by atoms with Crippen molar-refractivity contribution < 1.29 is 14.1 Å². The number of carbonyl (C=O) groups is 1. The van der Waals surface area contributed by atoms with Crippen LogP contribution in [0.3, 0.4) is 0 Å². The quantitative estimate of drug-likeness (QED) is 0.219. The number of hydrogen-bond donors (Lipinski definition) is 1. The molecule has 5 aromatic rings. The predicted molar refractivity (Wildman–Crippen MR) is 130 cm³/mol. The largest absolute Gasteiger partial charge is 0.436 e. The van der Waals surface area contributed by atoms with Crippen molar-refractivity contribution in [2.75, 3.05) is 5.32 Å². The van der Waals surface area contributed by atoms with Crippen LogP contribution in [0.25, 0.3) is 32.6 Å². The van der Waals surface area contributed by atoms with E-state index in [4.69, 9.17) is 16.0 Å². The first kappa shape index (κ1) is 21.1. The van der Waals surface area contributed by atoms with E-state index in [9.17, 15) is 14.9 Å². The molecule has 1 amide bonds. The first-order valence-corrected chi connectivity index (χ1v) is 11.2. The lowest BCUT2D eigenvalue weighted by Crippen LogP contribution is -2.10. The number of nitrogens with zero attached hydrogens (tertiary/aromatic N) is 2. The number of amides is 1. The van der Waals surface area contributed by atoms with Crippen molar-refractivity contribution in [2.45, 2.75) is 13.8 Å². The molecule has 0 aliphatic heterocycles. The summed E-state index contributed by atoms with van der Waals surface area (Å²) in [4.78, 5) is 28.5. The molecule has 9 heteroatoms. The molecule has 1 N–H and O–H groups in total. The fourth-order valence-electron chi connectivity index (χ4n) is 3.78. The molecule has 0 unspecified atom stereocenters. The summed E-state index contributed by atoms with van der Waals surface area (Å²) in [6.07, 6.45) is 0. The second-order valence-electron chi connectivity index (χ2n) is 7.69. The van der Waals surface area contributed by atoms with E-state index in [0.717, 1.165) is 28.0 Å². The Morgan fingerprint density at radius 1 is 1.12 bits per heavy atom. The number of rotatable bonds is 4. The van der Waals surface area contributed by atoms with Crippen LogP contribution in [0.4, 0.5) is 11.4 Å². The Morgan fingerprint density at radius 3 is 2.61 bits per heavy atom. The number of benzene rings is 3. The average Bonchev–Trinajstić information content (AvgIpc) is 3.34. The predicted octanol–water partition coefficient (Wildman–Crippen LogP) is 7.14. The SMILES string of the molecule is Cc1cc(C)cc(-c2nc3cc(NC(=O)c4sc5c([N+](=O)[O-])cccc5c4Cl)ccc3o2)c1. The number of nitro benzene ring substituents is 1. The Bertz CT molecular complexity index is 1570. The summed E-state index contributed by atoms with van der Waals surface area (Å²) in [7, 11) is 0. The van der Waals surface area contributed by atoms with Gasteiger partial charge >= 0.3 is 0 Å². The van der Waals surface area contributed by atoms with Crippen molar-refractivity contribution in [3.8, 4) is 11.5 Å². The van der Waals surface area contributed by atoms with Gasteiger partial charge in [-0.2, -0.15) is 0 Å². The van der Waals surface area contributed by atoms with Gasteiger partial charge in [0.2, 0.25) is 5.89 Å². The minimum atomic E-state index is -0.483. The number of carbonyl (C=O) groups excluding carboxylic acids is 1. The van der Waals surface area contributed by atoms with E-state index in [1.54, 1.807) is 30.3 Å². The lowest BCUT2D eigenvalue weighted by atomic mass is 10.1. The molecule has 0 spiro atoms. The molecule has 164 valence electrons. The van der Waals surface area contributed by atoms with Crippen molar-refractivity contribution >= 4 is 61.4 Å². The molecule has 5 rings (SSSR count). The molecule has 2 aromatic heterocycles. The Hall–Kier alpha value is -3.75. The van der Waals surface area contributed by atoms with Gasteiger partial charge in [0.05, 0.1) is 9.95 Å². The monoisotopic (exact) mass is 477 g/mol. The van der Waals surface area contributed by atoms with Crippen LogP contribution >= 0.6 is 22.9 Å². The summed E-state index contributed by atoms with van der Waals surface area (Å²) >= 11 is 7.38. The van der Waals surface area contributed by atoms with Gasteiger partial charge in [-0.25, -0.2) is 4.98 Å². The molecular formula is C24H16ClN3O4S. The molecule has 0 bridgehead atoms. The maximum Gasteiger partial charge on any atom is 0.287 e. The van der Waals surface area contributed by atoms with Crippen LogP contribution in [0, 0.1) is 24.0 Å². The van der Waals surface area contributed by atoms with Crippen molar-refractivity contribution in [3.63, 3.8) is 0 Å². The average molecular weight is 478 g/mol. The van der Waals surface area contributed by atoms with Gasteiger partial charge in [-0.15, -0.1) is 11.3 Å². The molecule has 7 nitrogen and oxygen atoms in total. The summed E-state index contributed by atoms with van der Waals surface area (Å²) in [5.41, 5.74) is 4.73. The van der Waals surface area contributed by atoms with Gasteiger partial charge in [0.1, 0.15) is 15.1 Å². The number of aromatic nitrogens is 1. The van der Waals surface area contributed by atoms with Gasteiger partial charge in [0.15, 0.2) is 5.58 Å². The van der Waals surface area contributed by atoms with E-state index in [0.29, 0.717) is 32.8 Å². The van der Waals surface area contributed by atoms with Crippen LogP contribution in [-0.2, 0) is 0 Å². The third-order valence-electron chi connectivity index (χ3n) is 5.15. The van der Waals surface area contributed by atoms with E-state index < -0.39 is 10.8 Å². The second-order valence-corrected chi connectivity index (χ2v) is 9.09.